The molecule has 1 fully saturated rings. The van der Waals surface area contributed by atoms with E-state index in [9.17, 15) is 9.59 Å². The van der Waals surface area contributed by atoms with Gasteiger partial charge in [-0.25, -0.2) is 4.79 Å². The Balaban J connectivity index is 2.17. The number of likely N-dealkylation sites (tertiary alicyclic amines) is 1. The van der Waals surface area contributed by atoms with Gasteiger partial charge in [-0.1, -0.05) is 30.3 Å². The Labute approximate surface area is 110 Å². The first-order valence-electron chi connectivity index (χ1n) is 5.69. The molecule has 96 valence electrons. The molecule has 0 aliphatic carbocycles. The topological polar surface area (TPSA) is 46.6 Å². The Morgan fingerprint density at radius 1 is 1.44 bits per heavy atom. The fraction of sp³-hybridized carbons (Fsp3) is 0.385. The molecule has 1 aromatic carbocycles. The SMILES string of the molecule is COC(=O)[C@H]1C[C@H](Cl)C(=O)N1Cc1ccccc1. The van der Waals surface area contributed by atoms with Gasteiger partial charge in [-0.15, -0.1) is 11.6 Å². The van der Waals surface area contributed by atoms with Crippen molar-refractivity contribution in [1.29, 1.82) is 0 Å². The fourth-order valence-corrected chi connectivity index (χ4v) is 2.38. The van der Waals surface area contributed by atoms with Crippen molar-refractivity contribution in [1.82, 2.24) is 4.90 Å². The second-order valence-corrected chi connectivity index (χ2v) is 4.72. The summed E-state index contributed by atoms with van der Waals surface area (Å²) in [4.78, 5) is 25.0. The lowest BCUT2D eigenvalue weighted by Crippen LogP contribution is -2.39. The van der Waals surface area contributed by atoms with Gasteiger partial charge in [0.25, 0.3) is 0 Å². The standard InChI is InChI=1S/C13H14ClNO3/c1-18-13(17)11-7-10(14)12(16)15(11)8-9-5-3-2-4-6-9/h2-6,10-11H,7-8H2,1H3/t10-,11+/m0/s1. The van der Waals surface area contributed by atoms with Crippen molar-refractivity contribution in [3.05, 3.63) is 35.9 Å². The minimum absolute atomic E-state index is 0.212. The summed E-state index contributed by atoms with van der Waals surface area (Å²) in [6, 6.07) is 8.91. The number of rotatable bonds is 3. The summed E-state index contributed by atoms with van der Waals surface area (Å²) in [5.74, 6) is -0.627. The van der Waals surface area contributed by atoms with E-state index < -0.39 is 17.4 Å². The van der Waals surface area contributed by atoms with Gasteiger partial charge in [0.2, 0.25) is 5.91 Å². The number of esters is 1. The highest BCUT2D eigenvalue weighted by atomic mass is 35.5. The molecular formula is C13H14ClNO3. The van der Waals surface area contributed by atoms with E-state index in [1.54, 1.807) is 0 Å². The van der Waals surface area contributed by atoms with E-state index in [0.717, 1.165) is 5.56 Å². The molecule has 2 atom stereocenters. The molecule has 1 aliphatic heterocycles. The third kappa shape index (κ3) is 2.48. The van der Waals surface area contributed by atoms with E-state index >= 15 is 0 Å². The van der Waals surface area contributed by atoms with Crippen LogP contribution in [0.3, 0.4) is 0 Å². The van der Waals surface area contributed by atoms with Crippen LogP contribution in [0.15, 0.2) is 30.3 Å². The predicted molar refractivity (Wildman–Crippen MR) is 67.1 cm³/mol. The van der Waals surface area contributed by atoms with Crippen LogP contribution in [0.25, 0.3) is 0 Å². The average Bonchev–Trinajstić information content (AvgIpc) is 2.67. The maximum atomic E-state index is 11.9. The third-order valence-corrected chi connectivity index (χ3v) is 3.39. The van der Waals surface area contributed by atoms with Crippen molar-refractivity contribution in [3.8, 4) is 0 Å². The van der Waals surface area contributed by atoms with Crippen molar-refractivity contribution in [3.63, 3.8) is 0 Å². The number of benzene rings is 1. The van der Waals surface area contributed by atoms with Crippen molar-refractivity contribution < 1.29 is 14.3 Å². The van der Waals surface area contributed by atoms with Gasteiger partial charge in [-0.3, -0.25) is 4.79 Å². The monoisotopic (exact) mass is 267 g/mol. The number of alkyl halides is 1. The van der Waals surface area contributed by atoms with Gasteiger partial charge in [-0.2, -0.15) is 0 Å². The first-order valence-corrected chi connectivity index (χ1v) is 6.13. The van der Waals surface area contributed by atoms with E-state index in [1.165, 1.54) is 12.0 Å². The minimum Gasteiger partial charge on any atom is -0.467 e. The highest BCUT2D eigenvalue weighted by molar-refractivity contribution is 6.31. The number of ether oxygens (including phenoxy) is 1. The maximum Gasteiger partial charge on any atom is 0.328 e. The lowest BCUT2D eigenvalue weighted by atomic mass is 10.2. The molecule has 1 aromatic rings. The molecule has 0 N–H and O–H groups in total. The normalized spacial score (nSPS) is 23.2. The van der Waals surface area contributed by atoms with E-state index in [-0.39, 0.29) is 5.91 Å². The third-order valence-electron chi connectivity index (χ3n) is 3.03. The summed E-state index contributed by atoms with van der Waals surface area (Å²) < 4.78 is 4.71. The molecule has 1 aliphatic rings. The molecule has 1 heterocycles. The average molecular weight is 268 g/mol. The molecule has 18 heavy (non-hydrogen) atoms. The molecular weight excluding hydrogens is 254 g/mol. The van der Waals surface area contributed by atoms with Crippen molar-refractivity contribution in [2.75, 3.05) is 7.11 Å². The van der Waals surface area contributed by atoms with Gasteiger partial charge in [0, 0.05) is 13.0 Å². The number of methoxy groups -OCH3 is 1. The Bertz CT molecular complexity index is 449. The molecule has 0 spiro atoms. The molecule has 0 saturated carbocycles. The summed E-state index contributed by atoms with van der Waals surface area (Å²) in [7, 11) is 1.31. The lowest BCUT2D eigenvalue weighted by Gasteiger charge is -2.22. The Morgan fingerprint density at radius 2 is 2.11 bits per heavy atom. The molecule has 1 saturated heterocycles. The maximum absolute atomic E-state index is 11.9. The zero-order valence-corrected chi connectivity index (χ0v) is 10.8. The summed E-state index contributed by atoms with van der Waals surface area (Å²) in [5, 5.41) is -0.641. The number of hydrogen-bond donors (Lipinski definition) is 0. The summed E-state index contributed by atoms with van der Waals surface area (Å²) in [6.45, 7) is 0.378. The molecule has 4 nitrogen and oxygen atoms in total. The van der Waals surface area contributed by atoms with Crippen LogP contribution < -0.4 is 0 Å². The van der Waals surface area contributed by atoms with Crippen LogP contribution in [0, 0.1) is 0 Å². The number of nitrogens with zero attached hydrogens (tertiary/aromatic N) is 1. The molecule has 2 rings (SSSR count). The second-order valence-electron chi connectivity index (χ2n) is 4.19. The smallest absolute Gasteiger partial charge is 0.328 e. The number of carbonyl (C=O) groups excluding carboxylic acids is 2. The van der Waals surface area contributed by atoms with Crippen LogP contribution >= 0.6 is 11.6 Å². The van der Waals surface area contributed by atoms with Gasteiger partial charge >= 0.3 is 5.97 Å². The van der Waals surface area contributed by atoms with Crippen LogP contribution in [0.2, 0.25) is 0 Å². The van der Waals surface area contributed by atoms with Gasteiger partial charge < -0.3 is 9.64 Å². The second kappa shape index (κ2) is 5.40. The molecule has 0 radical (unpaired) electrons. The van der Waals surface area contributed by atoms with Crippen molar-refractivity contribution in [2.24, 2.45) is 0 Å². The minimum atomic E-state index is -0.641. The molecule has 5 heteroatoms. The van der Waals surface area contributed by atoms with Gasteiger partial charge in [0.05, 0.1) is 7.11 Å². The van der Waals surface area contributed by atoms with Crippen LogP contribution in [0.4, 0.5) is 0 Å². The quantitative estimate of drug-likeness (QED) is 0.617. The number of amides is 1. The molecule has 1 amide bonds. The Morgan fingerprint density at radius 3 is 2.72 bits per heavy atom. The lowest BCUT2D eigenvalue weighted by molar-refractivity contribution is -0.149. The Hall–Kier alpha value is -1.55. The van der Waals surface area contributed by atoms with Crippen LogP contribution in [0.5, 0.6) is 0 Å². The van der Waals surface area contributed by atoms with E-state index in [0.29, 0.717) is 13.0 Å². The van der Waals surface area contributed by atoms with Gasteiger partial charge in [0.1, 0.15) is 11.4 Å². The highest BCUT2D eigenvalue weighted by Gasteiger charge is 2.42. The van der Waals surface area contributed by atoms with Crippen LogP contribution in [-0.2, 0) is 20.9 Å². The first kappa shape index (κ1) is 12.9. The molecule has 0 unspecified atom stereocenters. The highest BCUT2D eigenvalue weighted by Crippen LogP contribution is 2.26. The Kier molecular flexibility index (Phi) is 3.87. The fourth-order valence-electron chi connectivity index (χ4n) is 2.09. The van der Waals surface area contributed by atoms with Crippen molar-refractivity contribution in [2.45, 2.75) is 24.4 Å². The summed E-state index contributed by atoms with van der Waals surface area (Å²) in [6.07, 6.45) is 0.305. The number of halogens is 1. The van der Waals surface area contributed by atoms with E-state index in [2.05, 4.69) is 0 Å². The van der Waals surface area contributed by atoms with Gasteiger partial charge in [0.15, 0.2) is 0 Å². The molecule has 0 aromatic heterocycles. The summed E-state index contributed by atoms with van der Waals surface area (Å²) in [5.41, 5.74) is 0.963. The first-order chi connectivity index (χ1) is 8.63. The van der Waals surface area contributed by atoms with Crippen LogP contribution in [-0.4, -0.2) is 35.3 Å². The number of hydrogen-bond acceptors (Lipinski definition) is 3. The predicted octanol–water partition coefficient (Wildman–Crippen LogP) is 1.57. The van der Waals surface area contributed by atoms with E-state index in [4.69, 9.17) is 16.3 Å². The largest absolute Gasteiger partial charge is 0.467 e. The molecule has 0 bridgehead atoms. The zero-order valence-electron chi connectivity index (χ0n) is 10.0. The van der Waals surface area contributed by atoms with E-state index in [1.807, 2.05) is 30.3 Å². The van der Waals surface area contributed by atoms with Crippen LogP contribution in [0.1, 0.15) is 12.0 Å². The number of carbonyl (C=O) groups is 2. The zero-order chi connectivity index (χ0) is 13.1. The van der Waals surface area contributed by atoms with Gasteiger partial charge in [-0.05, 0) is 5.56 Å². The van der Waals surface area contributed by atoms with Crippen molar-refractivity contribution >= 4 is 23.5 Å². The summed E-state index contributed by atoms with van der Waals surface area (Å²) >= 11 is 5.92.